The largest absolute Gasteiger partial charge is 0.444 e. The Kier molecular flexibility index (Phi) is 5.65. The third-order valence-corrected chi connectivity index (χ3v) is 4.73. The summed E-state index contributed by atoms with van der Waals surface area (Å²) in [5, 5.41) is 13.3. The Labute approximate surface area is 162 Å². The number of fused-ring (bicyclic) bond motifs is 1. The van der Waals surface area contributed by atoms with Crippen molar-refractivity contribution in [2.24, 2.45) is 0 Å². The van der Waals surface area contributed by atoms with Gasteiger partial charge in [0.1, 0.15) is 5.60 Å². The van der Waals surface area contributed by atoms with Crippen LogP contribution in [0.2, 0.25) is 0 Å². The van der Waals surface area contributed by atoms with Crippen molar-refractivity contribution in [2.45, 2.75) is 57.3 Å². The molecule has 1 aromatic heterocycles. The number of halogens is 2. The van der Waals surface area contributed by atoms with Gasteiger partial charge in [-0.25, -0.2) is 13.6 Å². The van der Waals surface area contributed by atoms with Crippen LogP contribution in [0.15, 0.2) is 36.5 Å². The lowest BCUT2D eigenvalue weighted by atomic mass is 9.85. The lowest BCUT2D eigenvalue weighted by Crippen LogP contribution is -2.37. The van der Waals surface area contributed by atoms with E-state index in [1.165, 1.54) is 12.1 Å². The molecular weight excluding hydrogens is 366 g/mol. The van der Waals surface area contributed by atoms with Crippen LogP contribution < -0.4 is 5.32 Å². The molecule has 0 spiro atoms. The molecular formula is C21H24F2N2O3. The molecule has 3 atom stereocenters. The predicted octanol–water partition coefficient (Wildman–Crippen LogP) is 4.54. The highest BCUT2D eigenvalue weighted by molar-refractivity contribution is 5.69. The first kappa shape index (κ1) is 20.2. The number of ether oxygens (including phenoxy) is 1. The molecule has 2 N–H and O–H groups in total. The second-order valence-electron chi connectivity index (χ2n) is 7.94. The zero-order chi connectivity index (χ0) is 20.5. The molecule has 150 valence electrons. The van der Waals surface area contributed by atoms with Crippen molar-refractivity contribution in [3.8, 4) is 0 Å². The average molecular weight is 390 g/mol. The smallest absolute Gasteiger partial charge is 0.408 e. The van der Waals surface area contributed by atoms with Gasteiger partial charge >= 0.3 is 6.09 Å². The topological polar surface area (TPSA) is 71.5 Å². The van der Waals surface area contributed by atoms with Crippen molar-refractivity contribution >= 4 is 6.09 Å². The van der Waals surface area contributed by atoms with Crippen LogP contribution in [0.1, 0.15) is 68.5 Å². The summed E-state index contributed by atoms with van der Waals surface area (Å²) >= 11 is 0. The number of carbonyl (C=O) groups is 1. The van der Waals surface area contributed by atoms with Gasteiger partial charge < -0.3 is 15.2 Å². The average Bonchev–Trinajstić information content (AvgIpc) is 2.74. The van der Waals surface area contributed by atoms with Crippen molar-refractivity contribution in [2.75, 3.05) is 0 Å². The lowest BCUT2D eigenvalue weighted by molar-refractivity contribution is 0.0494. The minimum atomic E-state index is -0.954. The molecule has 0 radical (unpaired) electrons. The van der Waals surface area contributed by atoms with Crippen LogP contribution in [0.25, 0.3) is 0 Å². The number of carbonyl (C=O) groups excluding carboxylic acids is 1. The minimum absolute atomic E-state index is 0.143. The number of nitrogens with one attached hydrogen (secondary N) is 1. The van der Waals surface area contributed by atoms with Crippen molar-refractivity contribution in [1.29, 1.82) is 0 Å². The van der Waals surface area contributed by atoms with E-state index >= 15 is 0 Å². The fourth-order valence-corrected chi connectivity index (χ4v) is 3.58. The van der Waals surface area contributed by atoms with Crippen LogP contribution in [0, 0.1) is 11.6 Å². The van der Waals surface area contributed by atoms with E-state index in [4.69, 9.17) is 4.74 Å². The number of amides is 1. The number of aromatic nitrogens is 1. The Hall–Kier alpha value is -2.54. The number of alkyl carbamates (subject to hydrolysis) is 1. The highest BCUT2D eigenvalue weighted by Gasteiger charge is 2.36. The van der Waals surface area contributed by atoms with Gasteiger partial charge in [0.05, 0.1) is 17.8 Å². The molecule has 0 fully saturated rings. The Morgan fingerprint density at radius 1 is 1.18 bits per heavy atom. The number of benzene rings is 1. The quantitative estimate of drug-likeness (QED) is 0.739. The molecule has 0 saturated carbocycles. The van der Waals surface area contributed by atoms with E-state index < -0.39 is 41.4 Å². The van der Waals surface area contributed by atoms with Gasteiger partial charge in [0.25, 0.3) is 0 Å². The molecule has 1 aromatic carbocycles. The first-order valence-electron chi connectivity index (χ1n) is 9.23. The molecule has 1 amide bonds. The minimum Gasteiger partial charge on any atom is -0.444 e. The summed E-state index contributed by atoms with van der Waals surface area (Å²) in [6.07, 6.45) is 0.650. The maximum Gasteiger partial charge on any atom is 0.408 e. The molecule has 0 unspecified atom stereocenters. The molecule has 3 rings (SSSR count). The van der Waals surface area contributed by atoms with Gasteiger partial charge in [-0.2, -0.15) is 0 Å². The van der Waals surface area contributed by atoms with E-state index in [9.17, 15) is 18.7 Å². The first-order valence-corrected chi connectivity index (χ1v) is 9.23. The summed E-state index contributed by atoms with van der Waals surface area (Å²) in [4.78, 5) is 16.7. The maximum absolute atomic E-state index is 14.6. The molecule has 0 bridgehead atoms. The Balaban J connectivity index is 2.06. The lowest BCUT2D eigenvalue weighted by Gasteiger charge is -2.29. The van der Waals surface area contributed by atoms with Gasteiger partial charge in [0.2, 0.25) is 0 Å². The zero-order valence-corrected chi connectivity index (χ0v) is 16.1. The second-order valence-corrected chi connectivity index (χ2v) is 7.94. The number of aliphatic hydroxyl groups excluding tert-OH is 1. The van der Waals surface area contributed by atoms with Crippen molar-refractivity contribution in [1.82, 2.24) is 10.3 Å². The van der Waals surface area contributed by atoms with Crippen molar-refractivity contribution in [3.63, 3.8) is 0 Å². The molecule has 1 aliphatic carbocycles. The van der Waals surface area contributed by atoms with Gasteiger partial charge in [0.15, 0.2) is 11.6 Å². The van der Waals surface area contributed by atoms with Gasteiger partial charge in [-0.05, 0) is 56.9 Å². The first-order chi connectivity index (χ1) is 13.2. The third kappa shape index (κ3) is 4.30. The van der Waals surface area contributed by atoms with E-state index in [1.54, 1.807) is 39.1 Å². The van der Waals surface area contributed by atoms with E-state index in [2.05, 4.69) is 10.3 Å². The molecule has 1 heterocycles. The molecule has 7 heteroatoms. The standard InChI is InChI=1S/C21H24F2N2O3/c1-21(2,3)28-20(27)25-18-13(12-6-4-8-15(22)17(12)23)9-10-16(26)19-14(18)7-5-11-24-19/h4-8,11,13,16,18,26H,9-10H2,1-3H3,(H,25,27)/t13-,16-,18-/m0/s1. The molecule has 0 saturated heterocycles. The molecule has 2 aromatic rings. The number of hydrogen-bond acceptors (Lipinski definition) is 4. The predicted molar refractivity (Wildman–Crippen MR) is 99.6 cm³/mol. The van der Waals surface area contributed by atoms with Gasteiger partial charge in [0, 0.05) is 12.1 Å². The number of hydrogen-bond donors (Lipinski definition) is 2. The number of aliphatic hydroxyl groups is 1. The van der Waals surface area contributed by atoms with Crippen LogP contribution >= 0.6 is 0 Å². The number of pyridine rings is 1. The van der Waals surface area contributed by atoms with E-state index in [1.807, 2.05) is 0 Å². The summed E-state index contributed by atoms with van der Waals surface area (Å²) in [5.74, 6) is -2.50. The van der Waals surface area contributed by atoms with Crippen molar-refractivity contribution < 1.29 is 23.4 Å². The highest BCUT2D eigenvalue weighted by Crippen LogP contribution is 2.43. The van der Waals surface area contributed by atoms with Crippen molar-refractivity contribution in [3.05, 3.63) is 65.0 Å². The van der Waals surface area contributed by atoms with Gasteiger partial charge in [-0.15, -0.1) is 0 Å². The summed E-state index contributed by atoms with van der Waals surface area (Å²) in [6.45, 7) is 5.22. The summed E-state index contributed by atoms with van der Waals surface area (Å²) in [5.41, 5.74) is 0.408. The molecule has 0 aliphatic heterocycles. The van der Waals surface area contributed by atoms with E-state index in [-0.39, 0.29) is 5.56 Å². The fraction of sp³-hybridized carbons (Fsp3) is 0.429. The summed E-state index contributed by atoms with van der Waals surface area (Å²) in [6, 6.07) is 6.66. The normalized spacial score (nSPS) is 22.1. The van der Waals surface area contributed by atoms with Gasteiger partial charge in [-0.3, -0.25) is 4.98 Å². The Bertz CT molecular complexity index is 867. The third-order valence-electron chi connectivity index (χ3n) is 4.73. The monoisotopic (exact) mass is 390 g/mol. The van der Waals surface area contributed by atoms with E-state index in [0.29, 0.717) is 24.1 Å². The van der Waals surface area contributed by atoms with Crippen LogP contribution in [0.3, 0.4) is 0 Å². The van der Waals surface area contributed by atoms with Crippen LogP contribution in [0.5, 0.6) is 0 Å². The molecule has 5 nitrogen and oxygen atoms in total. The molecule has 1 aliphatic rings. The molecule has 28 heavy (non-hydrogen) atoms. The van der Waals surface area contributed by atoms with Crippen LogP contribution in [-0.2, 0) is 4.74 Å². The Morgan fingerprint density at radius 2 is 1.89 bits per heavy atom. The SMILES string of the molecule is CC(C)(C)OC(=O)N[C@@H]1c2cccnc2[C@@H](O)CC[C@H]1c1cccc(F)c1F. The zero-order valence-electron chi connectivity index (χ0n) is 16.1. The number of nitrogens with zero attached hydrogens (tertiary/aromatic N) is 1. The fourth-order valence-electron chi connectivity index (χ4n) is 3.58. The highest BCUT2D eigenvalue weighted by atomic mass is 19.2. The second kappa shape index (κ2) is 7.83. The van der Waals surface area contributed by atoms with Gasteiger partial charge in [-0.1, -0.05) is 18.2 Å². The summed E-state index contributed by atoms with van der Waals surface area (Å²) in [7, 11) is 0. The number of rotatable bonds is 2. The maximum atomic E-state index is 14.6. The van der Waals surface area contributed by atoms with Crippen LogP contribution in [0.4, 0.5) is 13.6 Å². The van der Waals surface area contributed by atoms with Crippen LogP contribution in [-0.4, -0.2) is 21.8 Å². The Morgan fingerprint density at radius 3 is 2.61 bits per heavy atom. The van der Waals surface area contributed by atoms with E-state index in [0.717, 1.165) is 6.07 Å². The summed E-state index contributed by atoms with van der Waals surface area (Å²) < 4.78 is 33.8.